The second kappa shape index (κ2) is 5.75. The Balaban J connectivity index is 2.14. The van der Waals surface area contributed by atoms with Crippen molar-refractivity contribution in [2.24, 2.45) is 5.73 Å². The fourth-order valence-corrected chi connectivity index (χ4v) is 2.14. The Morgan fingerprint density at radius 2 is 1.95 bits per heavy atom. The van der Waals surface area contributed by atoms with Gasteiger partial charge in [0.2, 0.25) is 0 Å². The van der Waals surface area contributed by atoms with E-state index in [0.717, 1.165) is 15.7 Å². The third-order valence-corrected chi connectivity index (χ3v) is 3.53. The predicted octanol–water partition coefficient (Wildman–Crippen LogP) is 2.74. The van der Waals surface area contributed by atoms with E-state index in [9.17, 15) is 4.79 Å². The van der Waals surface area contributed by atoms with Gasteiger partial charge in [0, 0.05) is 22.4 Å². The minimum Gasteiger partial charge on any atom is -0.398 e. The van der Waals surface area contributed by atoms with Crippen LogP contribution in [0.15, 0.2) is 46.9 Å². The number of benzene rings is 2. The van der Waals surface area contributed by atoms with Crippen LogP contribution in [0.25, 0.3) is 0 Å². The van der Waals surface area contributed by atoms with E-state index in [4.69, 9.17) is 11.5 Å². The summed E-state index contributed by atoms with van der Waals surface area (Å²) >= 11 is 3.49. The van der Waals surface area contributed by atoms with Crippen molar-refractivity contribution in [3.8, 4) is 0 Å². The molecule has 0 saturated carbocycles. The minimum atomic E-state index is -0.526. The highest BCUT2D eigenvalue weighted by Crippen LogP contribution is 2.20. The van der Waals surface area contributed by atoms with Crippen LogP contribution in [-0.4, -0.2) is 5.91 Å². The Kier molecular flexibility index (Phi) is 4.06. The molecule has 2 aromatic rings. The van der Waals surface area contributed by atoms with E-state index in [0.29, 0.717) is 17.8 Å². The van der Waals surface area contributed by atoms with Crippen molar-refractivity contribution in [2.75, 3.05) is 11.1 Å². The number of nitrogens with one attached hydrogen (secondary N) is 1. The van der Waals surface area contributed by atoms with Crippen LogP contribution in [0.2, 0.25) is 0 Å². The van der Waals surface area contributed by atoms with E-state index in [1.165, 1.54) is 0 Å². The smallest absolute Gasteiger partial charge is 0.250 e. The molecule has 0 spiro atoms. The first kappa shape index (κ1) is 13.4. The van der Waals surface area contributed by atoms with Gasteiger partial charge < -0.3 is 16.8 Å². The number of rotatable bonds is 4. The van der Waals surface area contributed by atoms with E-state index >= 15 is 0 Å². The lowest BCUT2D eigenvalue weighted by Gasteiger charge is -2.10. The molecule has 0 aliphatic carbocycles. The van der Waals surface area contributed by atoms with Crippen LogP contribution in [0.5, 0.6) is 0 Å². The summed E-state index contributed by atoms with van der Waals surface area (Å²) in [5.41, 5.74) is 13.6. The molecular formula is C14H14BrN3O. The van der Waals surface area contributed by atoms with Gasteiger partial charge in [-0.15, -0.1) is 0 Å². The highest BCUT2D eigenvalue weighted by atomic mass is 79.9. The molecule has 4 nitrogen and oxygen atoms in total. The molecule has 0 aliphatic rings. The third kappa shape index (κ3) is 3.26. The Morgan fingerprint density at radius 1 is 1.21 bits per heavy atom. The van der Waals surface area contributed by atoms with Gasteiger partial charge in [0.15, 0.2) is 0 Å². The SMILES string of the molecule is NC(=O)c1cc(NCc2ccccc2Br)ccc1N. The number of nitrogen functional groups attached to an aromatic ring is 1. The largest absolute Gasteiger partial charge is 0.398 e. The molecule has 5 heteroatoms. The number of amides is 1. The number of carbonyl (C=O) groups excluding carboxylic acids is 1. The third-order valence-electron chi connectivity index (χ3n) is 2.76. The number of halogens is 1. The van der Waals surface area contributed by atoms with Crippen LogP contribution in [0.3, 0.4) is 0 Å². The Morgan fingerprint density at radius 3 is 2.63 bits per heavy atom. The van der Waals surface area contributed by atoms with Gasteiger partial charge in [0.05, 0.1) is 5.56 Å². The summed E-state index contributed by atoms with van der Waals surface area (Å²) < 4.78 is 1.04. The summed E-state index contributed by atoms with van der Waals surface area (Å²) in [7, 11) is 0. The summed E-state index contributed by atoms with van der Waals surface area (Å²) in [4.78, 5) is 11.2. The zero-order valence-corrected chi connectivity index (χ0v) is 11.8. The van der Waals surface area contributed by atoms with Gasteiger partial charge in [-0.3, -0.25) is 4.79 Å². The van der Waals surface area contributed by atoms with Crippen LogP contribution in [-0.2, 0) is 6.54 Å². The van der Waals surface area contributed by atoms with Gasteiger partial charge in [-0.2, -0.15) is 0 Å². The number of anilines is 2. The van der Waals surface area contributed by atoms with E-state index in [1.54, 1.807) is 12.1 Å². The highest BCUT2D eigenvalue weighted by molar-refractivity contribution is 9.10. The molecule has 0 fully saturated rings. The topological polar surface area (TPSA) is 81.1 Å². The van der Waals surface area contributed by atoms with Crippen LogP contribution in [0.1, 0.15) is 15.9 Å². The Bertz CT molecular complexity index is 613. The zero-order valence-electron chi connectivity index (χ0n) is 10.2. The maximum Gasteiger partial charge on any atom is 0.250 e. The molecule has 2 aromatic carbocycles. The maximum atomic E-state index is 11.2. The van der Waals surface area contributed by atoms with Gasteiger partial charge >= 0.3 is 0 Å². The van der Waals surface area contributed by atoms with E-state index < -0.39 is 5.91 Å². The van der Waals surface area contributed by atoms with E-state index in [1.807, 2.05) is 30.3 Å². The van der Waals surface area contributed by atoms with Crippen LogP contribution < -0.4 is 16.8 Å². The fourth-order valence-electron chi connectivity index (χ4n) is 1.72. The number of primary amides is 1. The molecule has 19 heavy (non-hydrogen) atoms. The minimum absolute atomic E-state index is 0.331. The average molecular weight is 320 g/mol. The molecule has 0 unspecified atom stereocenters. The lowest BCUT2D eigenvalue weighted by Crippen LogP contribution is -2.14. The summed E-state index contributed by atoms with van der Waals surface area (Å²) in [5.74, 6) is -0.526. The molecule has 0 heterocycles. The summed E-state index contributed by atoms with van der Waals surface area (Å²) in [6, 6.07) is 13.1. The number of hydrogen-bond donors (Lipinski definition) is 3. The number of hydrogen-bond acceptors (Lipinski definition) is 3. The summed E-state index contributed by atoms with van der Waals surface area (Å²) in [6.45, 7) is 0.642. The normalized spacial score (nSPS) is 10.2. The fraction of sp³-hybridized carbons (Fsp3) is 0.0714. The molecule has 0 saturated heterocycles. The number of nitrogens with two attached hydrogens (primary N) is 2. The molecule has 2 rings (SSSR count). The summed E-state index contributed by atoms with van der Waals surface area (Å²) in [5, 5.41) is 3.23. The second-order valence-corrected chi connectivity index (χ2v) is 4.97. The van der Waals surface area contributed by atoms with Gasteiger partial charge in [-0.05, 0) is 29.8 Å². The first-order valence-corrected chi connectivity index (χ1v) is 6.54. The van der Waals surface area contributed by atoms with E-state index in [2.05, 4.69) is 21.2 Å². The first-order chi connectivity index (χ1) is 9.08. The van der Waals surface area contributed by atoms with Gasteiger partial charge in [0.25, 0.3) is 5.91 Å². The van der Waals surface area contributed by atoms with Crippen LogP contribution in [0.4, 0.5) is 11.4 Å². The molecule has 0 radical (unpaired) electrons. The molecule has 0 aromatic heterocycles. The molecule has 0 aliphatic heterocycles. The molecular weight excluding hydrogens is 306 g/mol. The summed E-state index contributed by atoms with van der Waals surface area (Å²) in [6.07, 6.45) is 0. The highest BCUT2D eigenvalue weighted by Gasteiger charge is 2.06. The van der Waals surface area contributed by atoms with Crippen molar-refractivity contribution in [1.29, 1.82) is 0 Å². The first-order valence-electron chi connectivity index (χ1n) is 5.74. The van der Waals surface area contributed by atoms with Crippen molar-refractivity contribution in [1.82, 2.24) is 0 Å². The molecule has 0 bridgehead atoms. The monoisotopic (exact) mass is 319 g/mol. The second-order valence-electron chi connectivity index (χ2n) is 4.11. The lowest BCUT2D eigenvalue weighted by atomic mass is 10.1. The molecule has 5 N–H and O–H groups in total. The standard InChI is InChI=1S/C14H14BrN3O/c15-12-4-2-1-3-9(12)8-18-10-5-6-13(16)11(7-10)14(17)19/h1-7,18H,8,16H2,(H2,17,19). The van der Waals surface area contributed by atoms with Crippen LogP contribution in [0, 0.1) is 0 Å². The molecule has 98 valence electrons. The van der Waals surface area contributed by atoms with Crippen molar-refractivity contribution >= 4 is 33.2 Å². The van der Waals surface area contributed by atoms with Crippen molar-refractivity contribution < 1.29 is 4.79 Å². The average Bonchev–Trinajstić information content (AvgIpc) is 2.39. The Labute approximate surface area is 119 Å². The number of carbonyl (C=O) groups is 1. The molecule has 0 atom stereocenters. The quantitative estimate of drug-likeness (QED) is 0.758. The van der Waals surface area contributed by atoms with Gasteiger partial charge in [0.1, 0.15) is 0 Å². The zero-order chi connectivity index (χ0) is 13.8. The van der Waals surface area contributed by atoms with Crippen molar-refractivity contribution in [2.45, 2.75) is 6.54 Å². The Hall–Kier alpha value is -2.01. The maximum absolute atomic E-state index is 11.2. The lowest BCUT2D eigenvalue weighted by molar-refractivity contribution is 0.100. The van der Waals surface area contributed by atoms with Gasteiger partial charge in [-0.1, -0.05) is 34.1 Å². The van der Waals surface area contributed by atoms with Gasteiger partial charge in [-0.25, -0.2) is 0 Å². The van der Waals surface area contributed by atoms with Crippen molar-refractivity contribution in [3.63, 3.8) is 0 Å². The molecule has 1 amide bonds. The predicted molar refractivity (Wildman–Crippen MR) is 80.8 cm³/mol. The van der Waals surface area contributed by atoms with Crippen molar-refractivity contribution in [3.05, 3.63) is 58.1 Å². The van der Waals surface area contributed by atoms with E-state index in [-0.39, 0.29) is 0 Å². The van der Waals surface area contributed by atoms with Crippen LogP contribution >= 0.6 is 15.9 Å².